The minimum absolute atomic E-state index is 0.740. The molecule has 2 rings (SSSR count). The maximum Gasteiger partial charge on any atom is 0.0192 e. The number of hydrogen-bond acceptors (Lipinski definition) is 4. The summed E-state index contributed by atoms with van der Waals surface area (Å²) in [5, 5.41) is 0. The molecule has 2 heterocycles. The average molecular weight is 242 g/mol. The van der Waals surface area contributed by atoms with Crippen LogP contribution in [0.4, 0.5) is 0 Å². The van der Waals surface area contributed by atoms with Gasteiger partial charge in [-0.3, -0.25) is 0 Å². The second kappa shape index (κ2) is 7.31. The minimum Gasteiger partial charge on any atom is -0.304 e. The van der Waals surface area contributed by atoms with Gasteiger partial charge in [0, 0.05) is 51.9 Å². The van der Waals surface area contributed by atoms with Gasteiger partial charge in [0.05, 0.1) is 0 Å². The van der Waals surface area contributed by atoms with E-state index in [2.05, 4.69) is 54.7 Å². The fraction of sp³-hybridized carbons (Fsp3) is 1.00. The summed E-state index contributed by atoms with van der Waals surface area (Å²) in [7, 11) is 8.72. The Morgan fingerprint density at radius 1 is 0.647 bits per heavy atom. The number of piperazine rings is 2. The van der Waals surface area contributed by atoms with Gasteiger partial charge in [-0.1, -0.05) is 0 Å². The molecule has 0 saturated carbocycles. The van der Waals surface area contributed by atoms with Gasteiger partial charge >= 0.3 is 0 Å². The first-order valence-electron chi connectivity index (χ1n) is 6.75. The van der Waals surface area contributed by atoms with Crippen molar-refractivity contribution < 1.29 is 0 Å². The Labute approximate surface area is 107 Å². The van der Waals surface area contributed by atoms with Gasteiger partial charge in [-0.2, -0.15) is 0 Å². The summed E-state index contributed by atoms with van der Waals surface area (Å²) in [5.74, 6) is 0. The van der Waals surface area contributed by atoms with E-state index in [4.69, 9.17) is 0 Å². The van der Waals surface area contributed by atoms with Crippen molar-refractivity contribution in [2.24, 2.45) is 0 Å². The van der Waals surface area contributed by atoms with E-state index in [1.807, 2.05) is 0 Å². The van der Waals surface area contributed by atoms with Crippen molar-refractivity contribution in [2.45, 2.75) is 13.0 Å². The third kappa shape index (κ3) is 5.82. The Kier molecular flexibility index (Phi) is 6.41. The van der Waals surface area contributed by atoms with E-state index in [0.29, 0.717) is 0 Å². The van der Waals surface area contributed by atoms with E-state index in [1.165, 1.54) is 45.8 Å². The van der Waals surface area contributed by atoms with Crippen molar-refractivity contribution in [2.75, 3.05) is 74.0 Å². The molecule has 0 aromatic heterocycles. The van der Waals surface area contributed by atoms with Crippen LogP contribution >= 0.6 is 0 Å². The Morgan fingerprint density at radius 2 is 1.06 bits per heavy atom. The molecule has 1 atom stereocenters. The largest absolute Gasteiger partial charge is 0.304 e. The lowest BCUT2D eigenvalue weighted by atomic mass is 10.2. The molecule has 0 aliphatic carbocycles. The van der Waals surface area contributed by atoms with Crippen molar-refractivity contribution in [3.8, 4) is 0 Å². The molecule has 0 N–H and O–H groups in total. The second-order valence-electron chi connectivity index (χ2n) is 5.70. The predicted molar refractivity (Wildman–Crippen MR) is 74.6 cm³/mol. The van der Waals surface area contributed by atoms with Crippen LogP contribution < -0.4 is 0 Å². The number of rotatable bonds is 0. The van der Waals surface area contributed by atoms with Gasteiger partial charge in [0.1, 0.15) is 0 Å². The summed E-state index contributed by atoms with van der Waals surface area (Å²) in [6, 6.07) is 0.740. The third-order valence-corrected chi connectivity index (χ3v) is 3.89. The summed E-state index contributed by atoms with van der Waals surface area (Å²) in [5.41, 5.74) is 0. The van der Waals surface area contributed by atoms with Crippen LogP contribution in [0.5, 0.6) is 0 Å². The molecule has 4 nitrogen and oxygen atoms in total. The van der Waals surface area contributed by atoms with E-state index in [-0.39, 0.29) is 0 Å². The Bertz CT molecular complexity index is 192. The van der Waals surface area contributed by atoms with E-state index in [1.54, 1.807) is 0 Å². The van der Waals surface area contributed by atoms with Gasteiger partial charge in [-0.25, -0.2) is 0 Å². The summed E-state index contributed by atoms with van der Waals surface area (Å²) in [4.78, 5) is 9.50. The maximum atomic E-state index is 2.40. The molecule has 102 valence electrons. The molecule has 17 heavy (non-hydrogen) atoms. The first-order chi connectivity index (χ1) is 7.99. The second-order valence-corrected chi connectivity index (χ2v) is 5.70. The Morgan fingerprint density at radius 3 is 1.41 bits per heavy atom. The Hall–Kier alpha value is -0.160. The molecule has 0 amide bonds. The highest BCUT2D eigenvalue weighted by molar-refractivity contribution is 4.73. The minimum atomic E-state index is 0.740. The van der Waals surface area contributed by atoms with Crippen molar-refractivity contribution in [1.82, 2.24) is 19.6 Å². The number of nitrogens with zero attached hydrogens (tertiary/aromatic N) is 4. The standard InChI is InChI=1S/C7H16N2.C6H14N2/c1-7-6-8(2)4-5-9(7)3;1-7-3-5-8(2)6-4-7/h7H,4-6H2,1-3H3;3-6H2,1-2H3. The lowest BCUT2D eigenvalue weighted by molar-refractivity contribution is 0.125. The van der Waals surface area contributed by atoms with Crippen LogP contribution in [0.25, 0.3) is 0 Å². The molecule has 2 aliphatic heterocycles. The first kappa shape index (κ1) is 14.9. The van der Waals surface area contributed by atoms with Crippen LogP contribution in [-0.4, -0.2) is 99.6 Å². The maximum absolute atomic E-state index is 2.40. The number of likely N-dealkylation sites (N-methyl/N-ethyl adjacent to an activating group) is 4. The van der Waals surface area contributed by atoms with Gasteiger partial charge in [0.25, 0.3) is 0 Å². The molecular weight excluding hydrogens is 212 g/mol. The summed E-state index contributed by atoms with van der Waals surface area (Å²) in [6.07, 6.45) is 0. The van der Waals surface area contributed by atoms with Gasteiger partial charge in [-0.15, -0.1) is 0 Å². The quantitative estimate of drug-likeness (QED) is 0.598. The van der Waals surface area contributed by atoms with Crippen LogP contribution in [0.3, 0.4) is 0 Å². The first-order valence-corrected chi connectivity index (χ1v) is 6.75. The summed E-state index contributed by atoms with van der Waals surface area (Å²) < 4.78 is 0. The van der Waals surface area contributed by atoms with E-state index in [9.17, 15) is 0 Å². The van der Waals surface area contributed by atoms with Crippen LogP contribution in [0.15, 0.2) is 0 Å². The highest BCUT2D eigenvalue weighted by Gasteiger charge is 2.16. The van der Waals surface area contributed by atoms with Gasteiger partial charge in [-0.05, 0) is 35.1 Å². The highest BCUT2D eigenvalue weighted by Crippen LogP contribution is 2.03. The molecule has 0 spiro atoms. The Balaban J connectivity index is 0.000000171. The third-order valence-electron chi connectivity index (χ3n) is 3.89. The molecule has 0 aromatic rings. The van der Waals surface area contributed by atoms with Crippen LogP contribution in [0.2, 0.25) is 0 Å². The zero-order chi connectivity index (χ0) is 12.8. The predicted octanol–water partition coefficient (Wildman–Crippen LogP) is 0.116. The molecule has 2 aliphatic rings. The van der Waals surface area contributed by atoms with Gasteiger partial charge in [0.2, 0.25) is 0 Å². The number of hydrogen-bond donors (Lipinski definition) is 0. The monoisotopic (exact) mass is 242 g/mol. The smallest absolute Gasteiger partial charge is 0.0192 e. The molecule has 2 fully saturated rings. The van der Waals surface area contributed by atoms with E-state index in [0.717, 1.165) is 6.04 Å². The normalized spacial score (nSPS) is 29.8. The molecule has 1 unspecified atom stereocenters. The van der Waals surface area contributed by atoms with Crippen molar-refractivity contribution in [3.63, 3.8) is 0 Å². The molecule has 4 heteroatoms. The average Bonchev–Trinajstić information content (AvgIpc) is 2.29. The fourth-order valence-corrected chi connectivity index (χ4v) is 2.14. The SMILES string of the molecule is CC1CN(C)CCN1C.CN1CCN(C)CC1. The van der Waals surface area contributed by atoms with Gasteiger partial charge in [0.15, 0.2) is 0 Å². The van der Waals surface area contributed by atoms with E-state index < -0.39 is 0 Å². The van der Waals surface area contributed by atoms with Crippen LogP contribution in [0.1, 0.15) is 6.92 Å². The molecule has 2 saturated heterocycles. The molecule has 0 radical (unpaired) electrons. The molecular formula is C13H30N4. The molecule has 0 bridgehead atoms. The lowest BCUT2D eigenvalue weighted by Gasteiger charge is -2.35. The topological polar surface area (TPSA) is 13.0 Å². The summed E-state index contributed by atoms with van der Waals surface area (Å²) in [6.45, 7) is 10.9. The van der Waals surface area contributed by atoms with Gasteiger partial charge < -0.3 is 19.6 Å². The zero-order valence-corrected chi connectivity index (χ0v) is 12.3. The lowest BCUT2D eigenvalue weighted by Crippen LogP contribution is -2.48. The fourth-order valence-electron chi connectivity index (χ4n) is 2.14. The van der Waals surface area contributed by atoms with Crippen molar-refractivity contribution >= 4 is 0 Å². The summed E-state index contributed by atoms with van der Waals surface area (Å²) >= 11 is 0. The molecule has 0 aromatic carbocycles. The zero-order valence-electron chi connectivity index (χ0n) is 12.3. The van der Waals surface area contributed by atoms with Crippen LogP contribution in [-0.2, 0) is 0 Å². The van der Waals surface area contributed by atoms with E-state index >= 15 is 0 Å². The highest BCUT2D eigenvalue weighted by atomic mass is 15.3. The van der Waals surface area contributed by atoms with Crippen molar-refractivity contribution in [3.05, 3.63) is 0 Å². The van der Waals surface area contributed by atoms with Crippen LogP contribution in [0, 0.1) is 0 Å². The van der Waals surface area contributed by atoms with Crippen molar-refractivity contribution in [1.29, 1.82) is 0 Å².